The van der Waals surface area contributed by atoms with Crippen molar-refractivity contribution in [3.8, 4) is 23.0 Å². The maximum absolute atomic E-state index is 10.2. The highest BCUT2D eigenvalue weighted by atomic mass is 16.3. The van der Waals surface area contributed by atoms with Gasteiger partial charge in [0.1, 0.15) is 35.1 Å². The average Bonchev–Trinajstić information content (AvgIpc) is 2.84. The summed E-state index contributed by atoms with van der Waals surface area (Å²) in [5.74, 6) is 0.473. The van der Waals surface area contributed by atoms with Crippen molar-refractivity contribution < 1.29 is 20.4 Å². The third-order valence-corrected chi connectivity index (χ3v) is 5.39. The Labute approximate surface area is 197 Å². The van der Waals surface area contributed by atoms with Crippen LogP contribution in [0.1, 0.15) is 34.3 Å². The van der Waals surface area contributed by atoms with E-state index in [9.17, 15) is 20.4 Å². The molecule has 0 heterocycles. The first-order valence-corrected chi connectivity index (χ1v) is 10.7. The van der Waals surface area contributed by atoms with Gasteiger partial charge in [0, 0.05) is 23.6 Å². The number of para-hydroxylation sites is 2. The van der Waals surface area contributed by atoms with Crippen LogP contribution in [0.25, 0.3) is 0 Å². The van der Waals surface area contributed by atoms with E-state index in [0.717, 1.165) is 11.1 Å². The molecule has 4 aromatic rings. The Hall–Kier alpha value is -4.58. The fraction of sp³-hybridized carbons (Fsp3) is 0.0714. The second kappa shape index (κ2) is 10.4. The van der Waals surface area contributed by atoms with Gasteiger partial charge in [-0.15, -0.1) is 0 Å². The number of phenols is 4. The molecule has 2 unspecified atom stereocenters. The number of aromatic hydroxyl groups is 4. The first-order valence-electron chi connectivity index (χ1n) is 10.7. The summed E-state index contributed by atoms with van der Waals surface area (Å²) in [4.78, 5) is 9.57. The summed E-state index contributed by atoms with van der Waals surface area (Å²) in [6.45, 7) is 0. The van der Waals surface area contributed by atoms with E-state index >= 15 is 0 Å². The Balaban J connectivity index is 1.82. The molecule has 0 fully saturated rings. The maximum atomic E-state index is 10.2. The molecule has 170 valence electrons. The maximum Gasteiger partial charge on any atom is 0.124 e. The molecule has 4 N–H and O–H groups in total. The van der Waals surface area contributed by atoms with E-state index in [4.69, 9.17) is 9.98 Å². The molecule has 0 aromatic heterocycles. The summed E-state index contributed by atoms with van der Waals surface area (Å²) >= 11 is 0. The minimum atomic E-state index is -0.535. The van der Waals surface area contributed by atoms with Crippen molar-refractivity contribution >= 4 is 12.4 Å². The molecule has 0 saturated carbocycles. The smallest absolute Gasteiger partial charge is 0.124 e. The molecule has 34 heavy (non-hydrogen) atoms. The normalized spacial score (nSPS) is 13.3. The predicted molar refractivity (Wildman–Crippen MR) is 133 cm³/mol. The molecule has 4 rings (SSSR count). The largest absolute Gasteiger partial charge is 0.508 e. The van der Waals surface area contributed by atoms with Gasteiger partial charge in [0.25, 0.3) is 0 Å². The van der Waals surface area contributed by atoms with Gasteiger partial charge in [0.05, 0.1) is 0 Å². The van der Waals surface area contributed by atoms with E-state index in [2.05, 4.69) is 0 Å². The molecule has 2 atom stereocenters. The van der Waals surface area contributed by atoms with Crippen molar-refractivity contribution in [1.29, 1.82) is 0 Å². The zero-order valence-corrected chi connectivity index (χ0v) is 18.2. The minimum Gasteiger partial charge on any atom is -0.508 e. The molecular weight excluding hydrogens is 428 g/mol. The number of hydrogen-bond donors (Lipinski definition) is 4. The lowest BCUT2D eigenvalue weighted by atomic mass is 9.93. The molecule has 0 aliphatic heterocycles. The second-order valence-corrected chi connectivity index (χ2v) is 7.75. The Morgan fingerprint density at radius 2 is 0.824 bits per heavy atom. The highest BCUT2D eigenvalue weighted by molar-refractivity contribution is 5.84. The first kappa shape index (κ1) is 22.6. The zero-order valence-electron chi connectivity index (χ0n) is 18.2. The van der Waals surface area contributed by atoms with Crippen LogP contribution in [0.5, 0.6) is 23.0 Å². The van der Waals surface area contributed by atoms with Crippen LogP contribution in [-0.2, 0) is 0 Å². The lowest BCUT2D eigenvalue weighted by molar-refractivity contribution is 0.472. The Kier molecular flexibility index (Phi) is 6.89. The van der Waals surface area contributed by atoms with Crippen LogP contribution in [0.3, 0.4) is 0 Å². The topological polar surface area (TPSA) is 106 Å². The first-order chi connectivity index (χ1) is 16.5. The van der Waals surface area contributed by atoms with E-state index in [1.54, 1.807) is 97.4 Å². The van der Waals surface area contributed by atoms with E-state index in [-0.39, 0.29) is 23.0 Å². The molecular formula is C28H24N2O4. The summed E-state index contributed by atoms with van der Waals surface area (Å²) in [5, 5.41) is 40.0. The SMILES string of the molecule is Oc1ccc(C(N=Cc2ccccc2O)C(N=Cc2ccccc2O)c2ccc(O)cc2)cc1. The minimum absolute atomic E-state index is 0.106. The van der Waals surface area contributed by atoms with Crippen molar-refractivity contribution in [1.82, 2.24) is 0 Å². The van der Waals surface area contributed by atoms with E-state index < -0.39 is 12.1 Å². The Bertz CT molecular complexity index is 1200. The fourth-order valence-electron chi connectivity index (χ4n) is 3.56. The standard InChI is InChI=1S/C28H24N2O4/c31-23-13-9-19(10-14-23)27(29-17-21-5-1-3-7-25(21)33)28(20-11-15-24(32)16-12-20)30-18-22-6-2-4-8-26(22)34/h1-18,27-28,31-34H. The van der Waals surface area contributed by atoms with Crippen LogP contribution in [0.2, 0.25) is 0 Å². The van der Waals surface area contributed by atoms with Crippen LogP contribution in [0.4, 0.5) is 0 Å². The molecule has 0 spiro atoms. The lowest BCUT2D eigenvalue weighted by Crippen LogP contribution is -2.09. The van der Waals surface area contributed by atoms with Crippen LogP contribution in [0, 0.1) is 0 Å². The van der Waals surface area contributed by atoms with Gasteiger partial charge in [-0.2, -0.15) is 0 Å². The summed E-state index contributed by atoms with van der Waals surface area (Å²) < 4.78 is 0. The second-order valence-electron chi connectivity index (χ2n) is 7.75. The molecule has 0 aliphatic rings. The van der Waals surface area contributed by atoms with E-state index in [1.807, 2.05) is 12.1 Å². The number of aliphatic imine (C=N–C) groups is 2. The molecule has 0 saturated heterocycles. The quantitative estimate of drug-likeness (QED) is 0.277. The van der Waals surface area contributed by atoms with Gasteiger partial charge in [-0.05, 0) is 59.7 Å². The summed E-state index contributed by atoms with van der Waals surface area (Å²) in [6.07, 6.45) is 3.19. The Morgan fingerprint density at radius 3 is 1.18 bits per heavy atom. The number of hydrogen-bond acceptors (Lipinski definition) is 6. The van der Waals surface area contributed by atoms with Gasteiger partial charge < -0.3 is 20.4 Å². The Morgan fingerprint density at radius 1 is 0.471 bits per heavy atom. The van der Waals surface area contributed by atoms with Crippen molar-refractivity contribution in [2.24, 2.45) is 9.98 Å². The van der Waals surface area contributed by atoms with Crippen LogP contribution in [0.15, 0.2) is 107 Å². The van der Waals surface area contributed by atoms with Gasteiger partial charge >= 0.3 is 0 Å². The number of benzene rings is 4. The van der Waals surface area contributed by atoms with E-state index in [1.165, 1.54) is 0 Å². The molecule has 6 nitrogen and oxygen atoms in total. The summed E-state index contributed by atoms with van der Waals surface area (Å²) in [6, 6.07) is 26.1. The van der Waals surface area contributed by atoms with Crippen LogP contribution < -0.4 is 0 Å². The van der Waals surface area contributed by atoms with Gasteiger partial charge in [0.15, 0.2) is 0 Å². The third-order valence-electron chi connectivity index (χ3n) is 5.39. The monoisotopic (exact) mass is 452 g/mol. The van der Waals surface area contributed by atoms with Gasteiger partial charge in [-0.25, -0.2) is 0 Å². The zero-order chi connectivity index (χ0) is 23.9. The van der Waals surface area contributed by atoms with Gasteiger partial charge in [0.2, 0.25) is 0 Å². The lowest BCUT2D eigenvalue weighted by Gasteiger charge is -2.22. The molecule has 0 radical (unpaired) electrons. The summed E-state index contributed by atoms with van der Waals surface area (Å²) in [5.41, 5.74) is 2.69. The number of nitrogens with zero attached hydrogens (tertiary/aromatic N) is 2. The molecule has 4 aromatic carbocycles. The number of rotatable bonds is 7. The van der Waals surface area contributed by atoms with Crippen molar-refractivity contribution in [3.63, 3.8) is 0 Å². The predicted octanol–water partition coefficient (Wildman–Crippen LogP) is 5.53. The highest BCUT2D eigenvalue weighted by Gasteiger charge is 2.24. The van der Waals surface area contributed by atoms with Crippen LogP contribution >= 0.6 is 0 Å². The average molecular weight is 453 g/mol. The van der Waals surface area contributed by atoms with E-state index in [0.29, 0.717) is 11.1 Å². The van der Waals surface area contributed by atoms with Crippen LogP contribution in [-0.4, -0.2) is 32.9 Å². The van der Waals surface area contributed by atoms with Gasteiger partial charge in [-0.1, -0.05) is 48.5 Å². The number of phenolic OH excluding ortho intramolecular Hbond substituents is 4. The molecule has 0 amide bonds. The van der Waals surface area contributed by atoms with Crippen molar-refractivity contribution in [2.45, 2.75) is 12.1 Å². The van der Waals surface area contributed by atoms with Gasteiger partial charge in [-0.3, -0.25) is 9.98 Å². The van der Waals surface area contributed by atoms with Crippen molar-refractivity contribution in [2.75, 3.05) is 0 Å². The summed E-state index contributed by atoms with van der Waals surface area (Å²) in [7, 11) is 0. The highest BCUT2D eigenvalue weighted by Crippen LogP contribution is 2.37. The van der Waals surface area contributed by atoms with Crippen molar-refractivity contribution in [3.05, 3.63) is 119 Å². The fourth-order valence-corrected chi connectivity index (χ4v) is 3.56. The molecule has 0 bridgehead atoms. The molecule has 6 heteroatoms. The molecule has 0 aliphatic carbocycles. The third kappa shape index (κ3) is 5.42.